The minimum absolute atomic E-state index is 0.0584. The van der Waals surface area contributed by atoms with Gasteiger partial charge in [0.15, 0.2) is 9.84 Å². The summed E-state index contributed by atoms with van der Waals surface area (Å²) in [4.78, 5) is 0.131. The molecule has 5 nitrogen and oxygen atoms in total. The average Bonchev–Trinajstić information content (AvgIpc) is 2.54. The van der Waals surface area contributed by atoms with E-state index >= 15 is 0 Å². The summed E-state index contributed by atoms with van der Waals surface area (Å²) >= 11 is 0. The molecule has 0 bridgehead atoms. The number of nitrogens with two attached hydrogens (primary N) is 2. The lowest BCUT2D eigenvalue weighted by Crippen LogP contribution is -2.43. The molecule has 2 rings (SSSR count). The van der Waals surface area contributed by atoms with Gasteiger partial charge in [-0.25, -0.2) is 8.42 Å². The smallest absolute Gasteiger partial charge is 0.181 e. The fourth-order valence-corrected chi connectivity index (χ4v) is 4.48. The Kier molecular flexibility index (Phi) is 6.44. The molecule has 2 aromatic carbocycles. The van der Waals surface area contributed by atoms with Crippen LogP contribution in [0.15, 0.2) is 59.5 Å². The van der Waals surface area contributed by atoms with E-state index in [1.165, 1.54) is 37.6 Å². The first kappa shape index (κ1) is 20.4. The molecule has 141 valence electrons. The maximum Gasteiger partial charge on any atom is 0.181 e. The van der Waals surface area contributed by atoms with Gasteiger partial charge in [-0.15, -0.1) is 0 Å². The standard InChI is InChI=1S/C20H27N2O3S/c1-15(12-16-6-4-3-5-7-16)19(22)13-20(2,23)14-26(24,25)18-10-8-17(21)9-11-18/h3-11,13,15,19,23H,12,14,21-22H2,1-2H3/t15-,19+,20?/m1/s1. The van der Waals surface area contributed by atoms with Crippen LogP contribution in [0.3, 0.4) is 0 Å². The summed E-state index contributed by atoms with van der Waals surface area (Å²) in [5.74, 6) is -0.376. The third-order valence-electron chi connectivity index (χ3n) is 4.33. The Bertz CT molecular complexity index is 803. The monoisotopic (exact) mass is 375 g/mol. The predicted octanol–water partition coefficient (Wildman–Crippen LogP) is 2.20. The molecule has 0 aliphatic heterocycles. The third kappa shape index (κ3) is 5.83. The predicted molar refractivity (Wildman–Crippen MR) is 105 cm³/mol. The van der Waals surface area contributed by atoms with Gasteiger partial charge in [0.1, 0.15) is 0 Å². The number of hydrogen-bond acceptors (Lipinski definition) is 5. The van der Waals surface area contributed by atoms with E-state index in [2.05, 4.69) is 0 Å². The molecule has 1 unspecified atom stereocenters. The number of hydrogen-bond donors (Lipinski definition) is 3. The van der Waals surface area contributed by atoms with Gasteiger partial charge < -0.3 is 16.6 Å². The molecule has 0 fully saturated rings. The van der Waals surface area contributed by atoms with E-state index in [0.717, 1.165) is 12.0 Å². The van der Waals surface area contributed by atoms with Crippen LogP contribution in [0, 0.1) is 12.3 Å². The maximum absolute atomic E-state index is 12.5. The Morgan fingerprint density at radius 3 is 2.27 bits per heavy atom. The molecule has 0 aromatic heterocycles. The van der Waals surface area contributed by atoms with Gasteiger partial charge in [-0.3, -0.25) is 0 Å². The number of anilines is 1. The van der Waals surface area contributed by atoms with Crippen molar-refractivity contribution in [3.63, 3.8) is 0 Å². The Labute approximate surface area is 156 Å². The molecular formula is C20H27N2O3S. The van der Waals surface area contributed by atoms with Crippen molar-refractivity contribution in [1.29, 1.82) is 0 Å². The van der Waals surface area contributed by atoms with E-state index in [4.69, 9.17) is 11.5 Å². The highest BCUT2D eigenvalue weighted by Gasteiger charge is 2.33. The summed E-state index contributed by atoms with van der Waals surface area (Å²) in [5, 5.41) is 10.6. The van der Waals surface area contributed by atoms with Crippen molar-refractivity contribution in [2.24, 2.45) is 11.7 Å². The molecule has 5 N–H and O–H groups in total. The summed E-state index contributed by atoms with van der Waals surface area (Å²) in [7, 11) is -3.66. The second kappa shape index (κ2) is 8.20. The van der Waals surface area contributed by atoms with Crippen molar-refractivity contribution in [1.82, 2.24) is 0 Å². The zero-order chi connectivity index (χ0) is 19.4. The molecular weight excluding hydrogens is 348 g/mol. The molecule has 0 aliphatic carbocycles. The van der Waals surface area contributed by atoms with Crippen LogP contribution >= 0.6 is 0 Å². The van der Waals surface area contributed by atoms with Crippen LogP contribution in [-0.2, 0) is 16.3 Å². The van der Waals surface area contributed by atoms with Gasteiger partial charge in [-0.2, -0.15) is 0 Å². The molecule has 2 aromatic rings. The lowest BCUT2D eigenvalue weighted by Gasteiger charge is -2.29. The fourth-order valence-electron chi connectivity index (χ4n) is 2.89. The van der Waals surface area contributed by atoms with Crippen molar-refractivity contribution >= 4 is 15.5 Å². The van der Waals surface area contributed by atoms with Crippen molar-refractivity contribution < 1.29 is 13.5 Å². The van der Waals surface area contributed by atoms with E-state index in [0.29, 0.717) is 5.69 Å². The summed E-state index contributed by atoms with van der Waals surface area (Å²) in [5.41, 5.74) is 11.9. The number of benzene rings is 2. The van der Waals surface area contributed by atoms with Crippen molar-refractivity contribution in [3.05, 3.63) is 66.6 Å². The van der Waals surface area contributed by atoms with Gasteiger partial charge in [0, 0.05) is 18.2 Å². The molecule has 0 spiro atoms. The van der Waals surface area contributed by atoms with E-state index in [-0.39, 0.29) is 10.8 Å². The SMILES string of the molecule is C[C@H](Cc1ccccc1)[C@@H](N)[CH]C(C)(O)CS(=O)(=O)c1ccc(N)cc1. The lowest BCUT2D eigenvalue weighted by molar-refractivity contribution is 0.107. The molecule has 0 amide bonds. The van der Waals surface area contributed by atoms with E-state index in [1.54, 1.807) is 0 Å². The topological polar surface area (TPSA) is 106 Å². The number of nitrogen functional groups attached to an aromatic ring is 1. The molecule has 0 saturated heterocycles. The molecule has 0 saturated carbocycles. The largest absolute Gasteiger partial charge is 0.399 e. The lowest BCUT2D eigenvalue weighted by atomic mass is 9.87. The van der Waals surface area contributed by atoms with Crippen LogP contribution in [0.2, 0.25) is 0 Å². The normalized spacial score (nSPS) is 16.6. The fraction of sp³-hybridized carbons (Fsp3) is 0.350. The molecule has 0 heterocycles. The summed E-state index contributed by atoms with van der Waals surface area (Å²) in [6.45, 7) is 3.45. The van der Waals surface area contributed by atoms with Crippen LogP contribution in [0.5, 0.6) is 0 Å². The van der Waals surface area contributed by atoms with Gasteiger partial charge >= 0.3 is 0 Å². The zero-order valence-corrected chi connectivity index (χ0v) is 16.0. The molecule has 1 radical (unpaired) electrons. The van der Waals surface area contributed by atoms with Gasteiger partial charge in [0.05, 0.1) is 16.2 Å². The van der Waals surface area contributed by atoms with Crippen LogP contribution in [0.25, 0.3) is 0 Å². The Morgan fingerprint density at radius 1 is 1.12 bits per heavy atom. The zero-order valence-electron chi connectivity index (χ0n) is 15.2. The highest BCUT2D eigenvalue weighted by molar-refractivity contribution is 7.91. The summed E-state index contributed by atoms with van der Waals surface area (Å²) in [6.07, 6.45) is 2.27. The average molecular weight is 376 g/mol. The first-order valence-corrected chi connectivity index (χ1v) is 10.2. The first-order valence-electron chi connectivity index (χ1n) is 8.55. The second-order valence-corrected chi connectivity index (χ2v) is 9.09. The second-order valence-electron chi connectivity index (χ2n) is 7.10. The van der Waals surface area contributed by atoms with Gasteiger partial charge in [-0.1, -0.05) is 37.3 Å². The minimum Gasteiger partial charge on any atom is -0.399 e. The van der Waals surface area contributed by atoms with Crippen molar-refractivity contribution in [2.45, 2.75) is 36.8 Å². The van der Waals surface area contributed by atoms with Crippen LogP contribution < -0.4 is 11.5 Å². The molecule has 3 atom stereocenters. The Morgan fingerprint density at radius 2 is 1.69 bits per heavy atom. The maximum atomic E-state index is 12.5. The minimum atomic E-state index is -3.66. The Hall–Kier alpha value is -1.89. The third-order valence-corrected chi connectivity index (χ3v) is 6.29. The highest BCUT2D eigenvalue weighted by atomic mass is 32.2. The quantitative estimate of drug-likeness (QED) is 0.613. The summed E-state index contributed by atoms with van der Waals surface area (Å²) < 4.78 is 25.1. The van der Waals surface area contributed by atoms with Crippen LogP contribution in [-0.4, -0.2) is 30.9 Å². The van der Waals surface area contributed by atoms with Gasteiger partial charge in [0.2, 0.25) is 0 Å². The van der Waals surface area contributed by atoms with Crippen molar-refractivity contribution in [3.8, 4) is 0 Å². The first-order chi connectivity index (χ1) is 12.1. The van der Waals surface area contributed by atoms with Crippen molar-refractivity contribution in [2.75, 3.05) is 11.5 Å². The van der Waals surface area contributed by atoms with Crippen LogP contribution in [0.1, 0.15) is 19.4 Å². The molecule has 0 aliphatic rings. The molecule has 6 heteroatoms. The number of rotatable bonds is 8. The van der Waals surface area contributed by atoms with E-state index < -0.39 is 27.2 Å². The summed E-state index contributed by atoms with van der Waals surface area (Å²) in [6, 6.07) is 15.4. The Balaban J connectivity index is 2.01. The van der Waals surface area contributed by atoms with E-state index in [1.807, 2.05) is 37.3 Å². The molecule has 26 heavy (non-hydrogen) atoms. The van der Waals surface area contributed by atoms with Gasteiger partial charge in [0.25, 0.3) is 0 Å². The highest BCUT2D eigenvalue weighted by Crippen LogP contribution is 2.23. The van der Waals surface area contributed by atoms with Crippen LogP contribution in [0.4, 0.5) is 5.69 Å². The number of aliphatic hydroxyl groups is 1. The van der Waals surface area contributed by atoms with E-state index in [9.17, 15) is 13.5 Å². The van der Waals surface area contributed by atoms with Gasteiger partial charge in [-0.05, 0) is 49.1 Å². The number of sulfone groups is 1.